The monoisotopic (exact) mass is 503 g/mol. The Balaban J connectivity index is 1.68. The summed E-state index contributed by atoms with van der Waals surface area (Å²) in [4.78, 5) is 32.5. The molecule has 1 amide bonds. The van der Waals surface area contributed by atoms with Crippen LogP contribution in [0.5, 0.6) is 0 Å². The molecule has 35 heavy (non-hydrogen) atoms. The van der Waals surface area contributed by atoms with E-state index in [2.05, 4.69) is 15.4 Å². The number of aromatic nitrogens is 3. The summed E-state index contributed by atoms with van der Waals surface area (Å²) in [6.45, 7) is 3.73. The van der Waals surface area contributed by atoms with E-state index in [4.69, 9.17) is 11.6 Å². The molecule has 1 aliphatic heterocycles. The molecule has 176 valence electrons. The summed E-state index contributed by atoms with van der Waals surface area (Å²) in [7, 11) is 1.82. The Morgan fingerprint density at radius 1 is 1.14 bits per heavy atom. The molecule has 1 aliphatic rings. The highest BCUT2D eigenvalue weighted by molar-refractivity contribution is 7.07. The number of nitrogens with zero attached hydrogens (tertiary/aromatic N) is 4. The molecule has 0 radical (unpaired) electrons. The summed E-state index contributed by atoms with van der Waals surface area (Å²) in [6.07, 6.45) is 5.32. The Morgan fingerprint density at radius 2 is 1.89 bits per heavy atom. The van der Waals surface area contributed by atoms with Crippen LogP contribution in [0.3, 0.4) is 0 Å². The second-order valence-electron chi connectivity index (χ2n) is 8.35. The van der Waals surface area contributed by atoms with Crippen LogP contribution in [0.4, 0.5) is 5.69 Å². The number of hydrogen-bond donors (Lipinski definition) is 1. The first-order chi connectivity index (χ1) is 16.8. The lowest BCUT2D eigenvalue weighted by molar-refractivity contribution is -0.113. The number of carbonyl (C=O) groups excluding carboxylic acids is 1. The summed E-state index contributed by atoms with van der Waals surface area (Å²) in [5.74, 6) is -0.304. The highest BCUT2D eigenvalue weighted by Crippen LogP contribution is 2.31. The van der Waals surface area contributed by atoms with Gasteiger partial charge in [0.15, 0.2) is 4.80 Å². The lowest BCUT2D eigenvalue weighted by atomic mass is 9.95. The molecule has 2 aromatic heterocycles. The van der Waals surface area contributed by atoms with Crippen LogP contribution in [0.15, 0.2) is 82.0 Å². The number of fused-ring (bicyclic) bond motifs is 1. The molecule has 0 fully saturated rings. The normalized spacial score (nSPS) is 15.7. The van der Waals surface area contributed by atoms with Crippen LogP contribution in [0, 0.1) is 6.92 Å². The number of hydrogen-bond acceptors (Lipinski definition) is 5. The number of halogens is 1. The van der Waals surface area contributed by atoms with E-state index in [1.54, 1.807) is 40.6 Å². The van der Waals surface area contributed by atoms with Gasteiger partial charge in [-0.2, -0.15) is 5.10 Å². The van der Waals surface area contributed by atoms with Gasteiger partial charge in [0, 0.05) is 29.5 Å². The predicted molar refractivity (Wildman–Crippen MR) is 138 cm³/mol. The van der Waals surface area contributed by atoms with Crippen LogP contribution in [0.25, 0.3) is 6.08 Å². The molecule has 3 heterocycles. The number of para-hydroxylation sites is 1. The minimum atomic E-state index is -0.649. The number of thiazole rings is 1. The molecule has 1 atom stereocenters. The third kappa shape index (κ3) is 4.38. The molecule has 2 aromatic carbocycles. The minimum absolute atomic E-state index is 0.216. The Kier molecular flexibility index (Phi) is 6.00. The second kappa shape index (κ2) is 9.13. The van der Waals surface area contributed by atoms with Crippen LogP contribution < -0.4 is 20.2 Å². The molecule has 4 aromatic rings. The summed E-state index contributed by atoms with van der Waals surface area (Å²) >= 11 is 7.43. The van der Waals surface area contributed by atoms with Gasteiger partial charge in [-0.15, -0.1) is 0 Å². The van der Waals surface area contributed by atoms with E-state index in [1.165, 1.54) is 11.3 Å². The SMILES string of the molecule is CC1=C(C(=O)Nc2ccccc2C)C(c2ccc(Cl)cc2)n2c(sc(=Cc3cnn(C)c3)c2=O)=N1. The zero-order chi connectivity index (χ0) is 24.7. The average molecular weight is 504 g/mol. The number of rotatable bonds is 4. The van der Waals surface area contributed by atoms with Gasteiger partial charge in [-0.05, 0) is 49.2 Å². The van der Waals surface area contributed by atoms with Gasteiger partial charge in [0.05, 0.1) is 28.0 Å². The van der Waals surface area contributed by atoms with Crippen molar-refractivity contribution in [3.63, 3.8) is 0 Å². The highest BCUT2D eigenvalue weighted by atomic mass is 35.5. The van der Waals surface area contributed by atoms with Gasteiger partial charge in [0.25, 0.3) is 11.5 Å². The first kappa shape index (κ1) is 23.0. The smallest absolute Gasteiger partial charge is 0.271 e. The van der Waals surface area contributed by atoms with Gasteiger partial charge in [-0.3, -0.25) is 18.8 Å². The third-order valence-corrected chi connectivity index (χ3v) is 7.10. The molecule has 7 nitrogen and oxygen atoms in total. The number of nitrogens with one attached hydrogen (secondary N) is 1. The largest absolute Gasteiger partial charge is 0.322 e. The van der Waals surface area contributed by atoms with Gasteiger partial charge in [-0.25, -0.2) is 4.99 Å². The maximum absolute atomic E-state index is 13.6. The fourth-order valence-electron chi connectivity index (χ4n) is 4.14. The summed E-state index contributed by atoms with van der Waals surface area (Å²) in [6, 6.07) is 14.1. The van der Waals surface area contributed by atoms with Crippen LogP contribution >= 0.6 is 22.9 Å². The Labute approximate surface area is 210 Å². The topological polar surface area (TPSA) is 81.3 Å². The lowest BCUT2D eigenvalue weighted by Gasteiger charge is -2.25. The van der Waals surface area contributed by atoms with E-state index >= 15 is 0 Å². The van der Waals surface area contributed by atoms with Crippen LogP contribution in [-0.4, -0.2) is 20.3 Å². The van der Waals surface area contributed by atoms with Gasteiger partial charge in [-0.1, -0.05) is 53.3 Å². The summed E-state index contributed by atoms with van der Waals surface area (Å²) in [5.41, 5.74) is 3.99. The van der Waals surface area contributed by atoms with E-state index in [0.29, 0.717) is 31.3 Å². The first-order valence-electron chi connectivity index (χ1n) is 11.0. The van der Waals surface area contributed by atoms with Crippen molar-refractivity contribution in [3.05, 3.63) is 114 Å². The first-order valence-corrected chi connectivity index (χ1v) is 12.1. The maximum atomic E-state index is 13.6. The number of anilines is 1. The van der Waals surface area contributed by atoms with Crippen LogP contribution in [0.1, 0.15) is 29.7 Å². The van der Waals surface area contributed by atoms with Crippen molar-refractivity contribution in [1.29, 1.82) is 0 Å². The molecule has 0 spiro atoms. The maximum Gasteiger partial charge on any atom is 0.271 e. The number of amides is 1. The molecule has 0 bridgehead atoms. The number of benzene rings is 2. The fourth-order valence-corrected chi connectivity index (χ4v) is 5.31. The lowest BCUT2D eigenvalue weighted by Crippen LogP contribution is -2.40. The van der Waals surface area contributed by atoms with Crippen molar-refractivity contribution in [3.8, 4) is 0 Å². The molecular weight excluding hydrogens is 482 g/mol. The van der Waals surface area contributed by atoms with Crippen molar-refractivity contribution in [2.45, 2.75) is 19.9 Å². The van der Waals surface area contributed by atoms with Crippen molar-refractivity contribution >= 4 is 40.6 Å². The quantitative estimate of drug-likeness (QED) is 0.462. The summed E-state index contributed by atoms with van der Waals surface area (Å²) in [5, 5.41) is 7.75. The van der Waals surface area contributed by atoms with Crippen molar-refractivity contribution < 1.29 is 4.79 Å². The molecular formula is C26H22ClN5O2S. The van der Waals surface area contributed by atoms with Crippen LogP contribution in [-0.2, 0) is 11.8 Å². The zero-order valence-electron chi connectivity index (χ0n) is 19.3. The van der Waals surface area contributed by atoms with Gasteiger partial charge >= 0.3 is 0 Å². The van der Waals surface area contributed by atoms with Crippen molar-refractivity contribution in [2.75, 3.05) is 5.32 Å². The zero-order valence-corrected chi connectivity index (χ0v) is 20.9. The van der Waals surface area contributed by atoms with Gasteiger partial charge in [0.1, 0.15) is 0 Å². The molecule has 9 heteroatoms. The predicted octanol–water partition coefficient (Wildman–Crippen LogP) is 3.57. The van der Waals surface area contributed by atoms with E-state index in [0.717, 1.165) is 16.7 Å². The Bertz CT molecular complexity index is 1660. The highest BCUT2D eigenvalue weighted by Gasteiger charge is 2.32. The molecule has 0 saturated heterocycles. The van der Waals surface area contributed by atoms with Crippen LogP contribution in [0.2, 0.25) is 5.02 Å². The molecule has 5 rings (SSSR count). The molecule has 0 saturated carbocycles. The number of carbonyl (C=O) groups is 1. The molecule has 0 aliphatic carbocycles. The van der Waals surface area contributed by atoms with E-state index in [-0.39, 0.29) is 11.5 Å². The van der Waals surface area contributed by atoms with E-state index < -0.39 is 6.04 Å². The van der Waals surface area contributed by atoms with E-state index in [1.807, 2.05) is 56.6 Å². The third-order valence-electron chi connectivity index (χ3n) is 5.87. The van der Waals surface area contributed by atoms with Crippen molar-refractivity contribution in [2.24, 2.45) is 12.0 Å². The second-order valence-corrected chi connectivity index (χ2v) is 9.80. The molecule has 1 N–H and O–H groups in total. The minimum Gasteiger partial charge on any atom is -0.322 e. The van der Waals surface area contributed by atoms with E-state index in [9.17, 15) is 9.59 Å². The molecule has 1 unspecified atom stereocenters. The average Bonchev–Trinajstić information content (AvgIpc) is 3.37. The van der Waals surface area contributed by atoms with Gasteiger partial charge in [0.2, 0.25) is 0 Å². The fraction of sp³-hybridized carbons (Fsp3) is 0.154. The Morgan fingerprint density at radius 3 is 2.57 bits per heavy atom. The van der Waals surface area contributed by atoms with Gasteiger partial charge < -0.3 is 5.32 Å². The van der Waals surface area contributed by atoms with Crippen molar-refractivity contribution in [1.82, 2.24) is 14.3 Å². The number of aryl methyl sites for hydroxylation is 2. The summed E-state index contributed by atoms with van der Waals surface area (Å²) < 4.78 is 3.79. The Hall–Kier alpha value is -3.75. The number of allylic oxidation sites excluding steroid dienone is 1. The standard InChI is InChI=1S/C26H22ClN5O2S/c1-15-6-4-5-7-20(15)30-24(33)22-16(2)29-26-32(23(22)18-8-10-19(27)11-9-18)25(34)21(35-26)12-17-13-28-31(3)14-17/h4-14,23H,1-3H3,(H,30,33).